The normalized spacial score (nSPS) is 13.4. The van der Waals surface area contributed by atoms with Gasteiger partial charge in [0.1, 0.15) is 5.75 Å². The zero-order chi connectivity index (χ0) is 14.6. The minimum atomic E-state index is 0.0520. The molecule has 1 atom stereocenters. The Morgan fingerprint density at radius 3 is 2.42 bits per heavy atom. The lowest BCUT2D eigenvalue weighted by Crippen LogP contribution is -2.29. The van der Waals surface area contributed by atoms with E-state index in [9.17, 15) is 0 Å². The summed E-state index contributed by atoms with van der Waals surface area (Å²) < 4.78 is 5.49. The van der Waals surface area contributed by atoms with Gasteiger partial charge in [0.05, 0.1) is 13.7 Å². The zero-order valence-corrected chi connectivity index (χ0v) is 13.0. The van der Waals surface area contributed by atoms with E-state index < -0.39 is 0 Å². The number of ether oxygens (including phenoxy) is 1. The Hall–Kier alpha value is -1.06. The molecule has 0 aliphatic rings. The molecule has 3 nitrogen and oxygen atoms in total. The molecule has 0 heterocycles. The number of hydrogen-bond donors (Lipinski definition) is 2. The van der Waals surface area contributed by atoms with Crippen LogP contribution in [0, 0.1) is 6.92 Å². The van der Waals surface area contributed by atoms with Gasteiger partial charge >= 0.3 is 0 Å². The molecular weight excluding hydrogens is 238 g/mol. The summed E-state index contributed by atoms with van der Waals surface area (Å²) in [5, 5.41) is 12.4. The summed E-state index contributed by atoms with van der Waals surface area (Å²) in [5.74, 6) is 0.948. The molecule has 0 radical (unpaired) electrons. The van der Waals surface area contributed by atoms with Crippen LogP contribution in [0.15, 0.2) is 12.1 Å². The molecule has 0 saturated heterocycles. The molecule has 19 heavy (non-hydrogen) atoms. The van der Waals surface area contributed by atoms with Crippen LogP contribution in [0.25, 0.3) is 0 Å². The highest BCUT2D eigenvalue weighted by molar-refractivity contribution is 5.45. The van der Waals surface area contributed by atoms with Crippen molar-refractivity contribution >= 4 is 0 Å². The lowest BCUT2D eigenvalue weighted by Gasteiger charge is -2.24. The number of nitrogens with one attached hydrogen (secondary N) is 1. The Bertz CT molecular complexity index is 421. The van der Waals surface area contributed by atoms with Crippen LogP contribution in [0.1, 0.15) is 44.4 Å². The van der Waals surface area contributed by atoms with Crippen molar-refractivity contribution in [1.82, 2.24) is 5.32 Å². The standard InChI is InChI=1S/C16H27NO2/c1-11-7-15(19-6)14(16(3,4)5)8-13(11)9-17-12(2)10-18/h7-8,12,17-18H,9-10H2,1-6H3. The van der Waals surface area contributed by atoms with Crippen LogP contribution in [-0.4, -0.2) is 24.9 Å². The molecule has 108 valence electrons. The average molecular weight is 265 g/mol. The number of benzene rings is 1. The molecule has 3 heteroatoms. The third-order valence-corrected chi connectivity index (χ3v) is 3.38. The largest absolute Gasteiger partial charge is 0.496 e. The maximum Gasteiger partial charge on any atom is 0.122 e. The van der Waals surface area contributed by atoms with Crippen LogP contribution in [0.3, 0.4) is 0 Å². The smallest absolute Gasteiger partial charge is 0.122 e. The van der Waals surface area contributed by atoms with Gasteiger partial charge in [0.25, 0.3) is 0 Å². The Kier molecular flexibility index (Phi) is 5.39. The lowest BCUT2D eigenvalue weighted by atomic mass is 9.84. The van der Waals surface area contributed by atoms with Crippen molar-refractivity contribution in [2.45, 2.75) is 52.6 Å². The number of rotatable bonds is 5. The highest BCUT2D eigenvalue weighted by atomic mass is 16.5. The minimum Gasteiger partial charge on any atom is -0.496 e. The van der Waals surface area contributed by atoms with Gasteiger partial charge in [-0.15, -0.1) is 0 Å². The molecule has 1 rings (SSSR count). The summed E-state index contributed by atoms with van der Waals surface area (Å²) in [7, 11) is 1.72. The van der Waals surface area contributed by atoms with E-state index in [0.29, 0.717) is 0 Å². The number of aryl methyl sites for hydroxylation is 1. The van der Waals surface area contributed by atoms with Crippen LogP contribution in [0.2, 0.25) is 0 Å². The van der Waals surface area contributed by atoms with E-state index in [1.807, 2.05) is 6.92 Å². The maximum atomic E-state index is 9.07. The van der Waals surface area contributed by atoms with Crippen molar-refractivity contribution in [3.63, 3.8) is 0 Å². The summed E-state index contributed by atoms with van der Waals surface area (Å²) >= 11 is 0. The van der Waals surface area contributed by atoms with Gasteiger partial charge in [0, 0.05) is 12.6 Å². The molecule has 0 amide bonds. The van der Waals surface area contributed by atoms with Crippen molar-refractivity contribution in [1.29, 1.82) is 0 Å². The predicted molar refractivity (Wildman–Crippen MR) is 79.8 cm³/mol. The van der Waals surface area contributed by atoms with Crippen LogP contribution >= 0.6 is 0 Å². The second-order valence-corrected chi connectivity index (χ2v) is 6.19. The highest BCUT2D eigenvalue weighted by Crippen LogP contribution is 2.33. The molecule has 2 N–H and O–H groups in total. The van der Waals surface area contributed by atoms with Gasteiger partial charge in [-0.2, -0.15) is 0 Å². The third-order valence-electron chi connectivity index (χ3n) is 3.38. The topological polar surface area (TPSA) is 41.5 Å². The second-order valence-electron chi connectivity index (χ2n) is 6.19. The van der Waals surface area contributed by atoms with E-state index in [1.165, 1.54) is 16.7 Å². The van der Waals surface area contributed by atoms with Crippen molar-refractivity contribution < 1.29 is 9.84 Å². The maximum absolute atomic E-state index is 9.07. The number of aliphatic hydroxyl groups excluding tert-OH is 1. The molecule has 1 aromatic rings. The van der Waals surface area contributed by atoms with Crippen LogP contribution in [-0.2, 0) is 12.0 Å². The second kappa shape index (κ2) is 6.40. The lowest BCUT2D eigenvalue weighted by molar-refractivity contribution is 0.251. The third kappa shape index (κ3) is 4.22. The van der Waals surface area contributed by atoms with Gasteiger partial charge in [-0.3, -0.25) is 0 Å². The van der Waals surface area contributed by atoms with Crippen molar-refractivity contribution in [2.75, 3.05) is 13.7 Å². The highest BCUT2D eigenvalue weighted by Gasteiger charge is 2.20. The molecule has 0 bridgehead atoms. The minimum absolute atomic E-state index is 0.0520. The molecule has 0 fully saturated rings. The first kappa shape index (κ1) is 16.0. The molecule has 0 saturated carbocycles. The van der Waals surface area contributed by atoms with E-state index in [0.717, 1.165) is 12.3 Å². The van der Waals surface area contributed by atoms with E-state index in [-0.39, 0.29) is 18.1 Å². The van der Waals surface area contributed by atoms with Crippen LogP contribution in [0.4, 0.5) is 0 Å². The zero-order valence-electron chi connectivity index (χ0n) is 13.0. The molecule has 1 unspecified atom stereocenters. The quantitative estimate of drug-likeness (QED) is 0.860. The van der Waals surface area contributed by atoms with E-state index in [1.54, 1.807) is 7.11 Å². The molecule has 0 aliphatic heterocycles. The van der Waals surface area contributed by atoms with Crippen molar-refractivity contribution in [3.8, 4) is 5.75 Å². The van der Waals surface area contributed by atoms with Gasteiger partial charge in [-0.05, 0) is 42.0 Å². The molecule has 0 aromatic heterocycles. The fraction of sp³-hybridized carbons (Fsp3) is 0.625. The molecular formula is C16H27NO2. The van der Waals surface area contributed by atoms with E-state index >= 15 is 0 Å². The fourth-order valence-corrected chi connectivity index (χ4v) is 2.02. The van der Waals surface area contributed by atoms with Crippen LogP contribution < -0.4 is 10.1 Å². The number of aliphatic hydroxyl groups is 1. The first-order valence-electron chi connectivity index (χ1n) is 6.81. The molecule has 0 spiro atoms. The van der Waals surface area contributed by atoms with Gasteiger partial charge in [0.15, 0.2) is 0 Å². The summed E-state index contributed by atoms with van der Waals surface area (Å²) in [6.45, 7) is 11.6. The molecule has 1 aromatic carbocycles. The van der Waals surface area contributed by atoms with Crippen molar-refractivity contribution in [2.24, 2.45) is 0 Å². The summed E-state index contributed by atoms with van der Waals surface area (Å²) in [6.07, 6.45) is 0. The summed E-state index contributed by atoms with van der Waals surface area (Å²) in [5.41, 5.74) is 3.73. The summed E-state index contributed by atoms with van der Waals surface area (Å²) in [6, 6.07) is 4.42. The van der Waals surface area contributed by atoms with Crippen molar-refractivity contribution in [3.05, 3.63) is 28.8 Å². The Balaban J connectivity index is 3.06. The monoisotopic (exact) mass is 265 g/mol. The van der Waals surface area contributed by atoms with E-state index in [4.69, 9.17) is 9.84 Å². The van der Waals surface area contributed by atoms with Gasteiger partial charge in [-0.25, -0.2) is 0 Å². The molecule has 0 aliphatic carbocycles. The average Bonchev–Trinajstić information content (AvgIpc) is 2.34. The van der Waals surface area contributed by atoms with Crippen LogP contribution in [0.5, 0.6) is 5.75 Å². The first-order valence-corrected chi connectivity index (χ1v) is 6.81. The summed E-state index contributed by atoms with van der Waals surface area (Å²) in [4.78, 5) is 0. The Morgan fingerprint density at radius 2 is 1.95 bits per heavy atom. The Morgan fingerprint density at radius 1 is 1.32 bits per heavy atom. The van der Waals surface area contributed by atoms with Gasteiger partial charge in [-0.1, -0.05) is 26.8 Å². The van der Waals surface area contributed by atoms with Gasteiger partial charge < -0.3 is 15.2 Å². The van der Waals surface area contributed by atoms with Gasteiger partial charge in [0.2, 0.25) is 0 Å². The van der Waals surface area contributed by atoms with E-state index in [2.05, 4.69) is 45.1 Å². The number of methoxy groups -OCH3 is 1. The number of hydrogen-bond acceptors (Lipinski definition) is 3. The Labute approximate surface area is 117 Å². The first-order chi connectivity index (χ1) is 8.79. The SMILES string of the molecule is COc1cc(C)c(CNC(C)CO)cc1C(C)(C)C. The fourth-order valence-electron chi connectivity index (χ4n) is 2.02. The predicted octanol–water partition coefficient (Wildman–Crippen LogP) is 2.77.